The molecule has 4 nitrogen and oxygen atoms in total. The molecule has 0 aromatic carbocycles. The van der Waals surface area contributed by atoms with Gasteiger partial charge < -0.3 is 5.32 Å². The van der Waals surface area contributed by atoms with Crippen molar-refractivity contribution in [2.45, 2.75) is 0 Å². The first-order valence-corrected chi connectivity index (χ1v) is 3.25. The lowest BCUT2D eigenvalue weighted by atomic mass is 10.3. The Bertz CT molecular complexity index is 304. The van der Waals surface area contributed by atoms with Crippen LogP contribution in [0.5, 0.6) is 0 Å². The summed E-state index contributed by atoms with van der Waals surface area (Å²) < 4.78 is 0. The van der Waals surface area contributed by atoms with Gasteiger partial charge in [0.2, 0.25) is 0 Å². The lowest BCUT2D eigenvalue weighted by Gasteiger charge is -2.00. The predicted molar refractivity (Wildman–Crippen MR) is 41.3 cm³/mol. The maximum absolute atomic E-state index is 8.58. The van der Waals surface area contributed by atoms with E-state index < -0.39 is 0 Å². The molecular weight excluding hydrogens is 164 g/mol. The minimum Gasteiger partial charge on any atom is -0.372 e. The molecule has 0 bridgehead atoms. The Kier molecular flexibility index (Phi) is 2.24. The van der Waals surface area contributed by atoms with Crippen LogP contribution in [0, 0.1) is 11.3 Å². The molecule has 0 atom stereocenters. The van der Waals surface area contributed by atoms with Crippen molar-refractivity contribution in [1.82, 2.24) is 9.97 Å². The van der Waals surface area contributed by atoms with Crippen LogP contribution < -0.4 is 5.32 Å². The minimum absolute atomic E-state index is 0.173. The molecule has 0 fully saturated rings. The zero-order chi connectivity index (χ0) is 8.27. The molecular formula is C6H5ClN4. The smallest absolute Gasteiger partial charge is 0.152 e. The van der Waals surface area contributed by atoms with Crippen LogP contribution in [0.3, 0.4) is 0 Å². The second-order valence-corrected chi connectivity index (χ2v) is 2.11. The number of rotatable bonds is 1. The van der Waals surface area contributed by atoms with Crippen molar-refractivity contribution >= 4 is 17.4 Å². The molecule has 0 spiro atoms. The molecule has 1 heterocycles. The van der Waals surface area contributed by atoms with Crippen molar-refractivity contribution < 1.29 is 0 Å². The fraction of sp³-hybridized carbons (Fsp3) is 0.167. The molecule has 0 saturated heterocycles. The molecule has 1 N–H and O–H groups in total. The molecule has 0 saturated carbocycles. The van der Waals surface area contributed by atoms with E-state index in [1.165, 1.54) is 6.33 Å². The van der Waals surface area contributed by atoms with Gasteiger partial charge in [-0.1, -0.05) is 11.6 Å². The highest BCUT2D eigenvalue weighted by Crippen LogP contribution is 2.16. The topological polar surface area (TPSA) is 61.6 Å². The first-order chi connectivity index (χ1) is 5.29. The number of nitrogens with one attached hydrogen (secondary N) is 1. The first kappa shape index (κ1) is 7.76. The third kappa shape index (κ3) is 1.38. The van der Waals surface area contributed by atoms with Crippen LogP contribution in [0.2, 0.25) is 5.15 Å². The number of anilines is 1. The fourth-order valence-electron chi connectivity index (χ4n) is 0.653. The van der Waals surface area contributed by atoms with E-state index in [1.54, 1.807) is 7.05 Å². The third-order valence-corrected chi connectivity index (χ3v) is 1.44. The lowest BCUT2D eigenvalue weighted by Crippen LogP contribution is -1.97. The summed E-state index contributed by atoms with van der Waals surface area (Å²) in [7, 11) is 1.67. The van der Waals surface area contributed by atoms with Crippen LogP contribution in [0.4, 0.5) is 5.82 Å². The van der Waals surface area contributed by atoms with E-state index in [2.05, 4.69) is 15.3 Å². The molecule has 5 heteroatoms. The van der Waals surface area contributed by atoms with Crippen molar-refractivity contribution in [3.8, 4) is 6.07 Å². The molecule has 56 valence electrons. The number of nitrogens with zero attached hydrogens (tertiary/aromatic N) is 3. The molecule has 0 aliphatic carbocycles. The van der Waals surface area contributed by atoms with E-state index in [0.29, 0.717) is 5.82 Å². The Morgan fingerprint density at radius 2 is 2.36 bits per heavy atom. The monoisotopic (exact) mass is 168 g/mol. The van der Waals surface area contributed by atoms with Gasteiger partial charge in [0.1, 0.15) is 23.8 Å². The third-order valence-electron chi connectivity index (χ3n) is 1.15. The Labute approximate surface area is 68.8 Å². The van der Waals surface area contributed by atoms with Gasteiger partial charge in [0.15, 0.2) is 5.15 Å². The van der Waals surface area contributed by atoms with Gasteiger partial charge in [-0.25, -0.2) is 9.97 Å². The summed E-state index contributed by atoms with van der Waals surface area (Å²) >= 11 is 5.59. The van der Waals surface area contributed by atoms with Gasteiger partial charge in [-0.3, -0.25) is 0 Å². The van der Waals surface area contributed by atoms with Crippen LogP contribution >= 0.6 is 11.6 Å². The molecule has 1 aromatic rings. The molecule has 1 rings (SSSR count). The average Bonchev–Trinajstić information content (AvgIpc) is 2.04. The van der Waals surface area contributed by atoms with Crippen LogP contribution in [-0.4, -0.2) is 17.0 Å². The van der Waals surface area contributed by atoms with E-state index >= 15 is 0 Å². The molecule has 0 unspecified atom stereocenters. The fourth-order valence-corrected chi connectivity index (χ4v) is 0.828. The molecule has 0 aliphatic rings. The Hall–Kier alpha value is -1.34. The van der Waals surface area contributed by atoms with E-state index in [9.17, 15) is 0 Å². The summed E-state index contributed by atoms with van der Waals surface area (Å²) in [6, 6.07) is 1.90. The number of aromatic nitrogens is 2. The van der Waals surface area contributed by atoms with Crippen LogP contribution in [-0.2, 0) is 0 Å². The van der Waals surface area contributed by atoms with E-state index in [0.717, 1.165) is 0 Å². The number of halogens is 1. The van der Waals surface area contributed by atoms with Gasteiger partial charge in [0.05, 0.1) is 0 Å². The predicted octanol–water partition coefficient (Wildman–Crippen LogP) is 1.04. The zero-order valence-corrected chi connectivity index (χ0v) is 6.55. The minimum atomic E-state index is 0.173. The Balaban J connectivity index is 3.27. The van der Waals surface area contributed by atoms with Gasteiger partial charge in [0, 0.05) is 7.05 Å². The van der Waals surface area contributed by atoms with Gasteiger partial charge >= 0.3 is 0 Å². The molecule has 11 heavy (non-hydrogen) atoms. The van der Waals surface area contributed by atoms with Crippen molar-refractivity contribution in [3.63, 3.8) is 0 Å². The summed E-state index contributed by atoms with van der Waals surface area (Å²) in [5.41, 5.74) is 0.275. The molecule has 0 radical (unpaired) electrons. The van der Waals surface area contributed by atoms with Crippen molar-refractivity contribution in [1.29, 1.82) is 5.26 Å². The Morgan fingerprint density at radius 1 is 1.64 bits per heavy atom. The van der Waals surface area contributed by atoms with Crippen molar-refractivity contribution in [3.05, 3.63) is 17.0 Å². The summed E-state index contributed by atoms with van der Waals surface area (Å²) in [6.45, 7) is 0. The summed E-state index contributed by atoms with van der Waals surface area (Å²) in [5.74, 6) is 0.451. The highest BCUT2D eigenvalue weighted by atomic mass is 35.5. The second-order valence-electron chi connectivity index (χ2n) is 1.75. The summed E-state index contributed by atoms with van der Waals surface area (Å²) in [4.78, 5) is 7.45. The average molecular weight is 169 g/mol. The van der Waals surface area contributed by atoms with Crippen molar-refractivity contribution in [2.24, 2.45) is 0 Å². The van der Waals surface area contributed by atoms with Crippen LogP contribution in [0.1, 0.15) is 5.56 Å². The highest BCUT2D eigenvalue weighted by Gasteiger charge is 2.05. The number of nitriles is 1. The SMILES string of the molecule is CNc1ncnc(Cl)c1C#N. The second kappa shape index (κ2) is 3.17. The van der Waals surface area contributed by atoms with Gasteiger partial charge in [-0.15, -0.1) is 0 Å². The first-order valence-electron chi connectivity index (χ1n) is 2.88. The molecule has 0 aliphatic heterocycles. The van der Waals surface area contributed by atoms with E-state index in [-0.39, 0.29) is 10.7 Å². The van der Waals surface area contributed by atoms with Gasteiger partial charge in [-0.2, -0.15) is 5.26 Å². The van der Waals surface area contributed by atoms with Gasteiger partial charge in [0.25, 0.3) is 0 Å². The normalized spacial score (nSPS) is 8.82. The maximum atomic E-state index is 8.58. The van der Waals surface area contributed by atoms with Crippen molar-refractivity contribution in [2.75, 3.05) is 12.4 Å². The zero-order valence-electron chi connectivity index (χ0n) is 5.80. The summed E-state index contributed by atoms with van der Waals surface area (Å²) in [6.07, 6.45) is 1.30. The number of hydrogen-bond acceptors (Lipinski definition) is 4. The highest BCUT2D eigenvalue weighted by molar-refractivity contribution is 6.30. The molecule has 1 aromatic heterocycles. The standard InChI is InChI=1S/C6H5ClN4/c1-9-6-4(2-8)5(7)10-3-11-6/h3H,1H3,(H,9,10,11). The largest absolute Gasteiger partial charge is 0.372 e. The van der Waals surface area contributed by atoms with E-state index in [1.807, 2.05) is 6.07 Å². The quantitative estimate of drug-likeness (QED) is 0.637. The Morgan fingerprint density at radius 3 is 2.82 bits per heavy atom. The van der Waals surface area contributed by atoms with Crippen LogP contribution in [0.15, 0.2) is 6.33 Å². The molecule has 0 amide bonds. The number of hydrogen-bond donors (Lipinski definition) is 1. The lowest BCUT2D eigenvalue weighted by molar-refractivity contribution is 1.14. The maximum Gasteiger partial charge on any atom is 0.152 e. The van der Waals surface area contributed by atoms with Gasteiger partial charge in [-0.05, 0) is 0 Å². The summed E-state index contributed by atoms with van der Waals surface area (Å²) in [5, 5.41) is 11.5. The van der Waals surface area contributed by atoms with E-state index in [4.69, 9.17) is 16.9 Å². The van der Waals surface area contributed by atoms with Crippen LogP contribution in [0.25, 0.3) is 0 Å².